The number of halogens is 2. The molecule has 136 valence electrons. The van der Waals surface area contributed by atoms with Crippen molar-refractivity contribution in [1.29, 1.82) is 0 Å². The molecule has 0 aromatic rings. The van der Waals surface area contributed by atoms with E-state index in [9.17, 15) is 0 Å². The van der Waals surface area contributed by atoms with Crippen molar-refractivity contribution in [2.45, 2.75) is 95.6 Å². The van der Waals surface area contributed by atoms with Crippen molar-refractivity contribution in [3.63, 3.8) is 0 Å². The van der Waals surface area contributed by atoms with Crippen LogP contribution in [-0.2, 0) is 0 Å². The molecule has 0 spiro atoms. The summed E-state index contributed by atoms with van der Waals surface area (Å²) in [5, 5.41) is 0. The van der Waals surface area contributed by atoms with E-state index in [1.54, 1.807) is 0 Å². The van der Waals surface area contributed by atoms with Crippen LogP contribution in [0.25, 0.3) is 0 Å². The van der Waals surface area contributed by atoms with E-state index in [-0.39, 0.29) is 21.9 Å². The van der Waals surface area contributed by atoms with Crippen LogP contribution < -0.4 is 11.5 Å². The highest BCUT2D eigenvalue weighted by Gasteiger charge is 2.57. The van der Waals surface area contributed by atoms with Crippen LogP contribution in [0.4, 0.5) is 0 Å². The summed E-state index contributed by atoms with van der Waals surface area (Å²) in [4.78, 5) is 0. The van der Waals surface area contributed by atoms with Crippen molar-refractivity contribution in [3.8, 4) is 0 Å². The first kappa shape index (κ1) is 19.8. The van der Waals surface area contributed by atoms with Gasteiger partial charge in [0.2, 0.25) is 0 Å². The molecular weight excluding hydrogens is 327 g/mol. The maximum atomic E-state index is 6.90. The molecule has 0 aromatic carbocycles. The zero-order chi connectivity index (χ0) is 17.2. The SMILES string of the molecule is CCC1(CC2(CC)CCCCC2(N)CCl)CCCCC1(N)CCl. The van der Waals surface area contributed by atoms with Crippen molar-refractivity contribution in [3.05, 3.63) is 0 Å². The predicted molar refractivity (Wildman–Crippen MR) is 102 cm³/mol. The van der Waals surface area contributed by atoms with E-state index in [1.165, 1.54) is 38.5 Å². The van der Waals surface area contributed by atoms with Gasteiger partial charge >= 0.3 is 0 Å². The molecule has 2 aliphatic rings. The number of nitrogens with two attached hydrogens (primary N) is 2. The molecule has 2 saturated carbocycles. The van der Waals surface area contributed by atoms with Crippen LogP contribution in [0.15, 0.2) is 0 Å². The fourth-order valence-electron chi connectivity index (χ4n) is 5.74. The fourth-order valence-corrected chi connectivity index (χ4v) is 6.57. The second-order valence-electron chi connectivity index (χ2n) is 8.44. The zero-order valence-corrected chi connectivity index (χ0v) is 16.6. The molecule has 2 fully saturated rings. The van der Waals surface area contributed by atoms with Crippen LogP contribution in [0.2, 0.25) is 0 Å². The summed E-state index contributed by atoms with van der Waals surface area (Å²) >= 11 is 12.8. The number of rotatable bonds is 6. The highest BCUT2D eigenvalue weighted by molar-refractivity contribution is 6.19. The third-order valence-corrected chi connectivity index (χ3v) is 8.63. The summed E-state index contributed by atoms with van der Waals surface area (Å²) in [5.74, 6) is 1.11. The fraction of sp³-hybridized carbons (Fsp3) is 1.00. The van der Waals surface area contributed by atoms with Gasteiger partial charge < -0.3 is 11.5 Å². The molecule has 0 aromatic heterocycles. The Labute approximate surface area is 153 Å². The summed E-state index contributed by atoms with van der Waals surface area (Å²) in [6, 6.07) is 0. The summed E-state index contributed by atoms with van der Waals surface area (Å²) < 4.78 is 0. The highest BCUT2D eigenvalue weighted by Crippen LogP contribution is 2.59. The van der Waals surface area contributed by atoms with Crippen molar-refractivity contribution in [2.24, 2.45) is 22.3 Å². The lowest BCUT2D eigenvalue weighted by Crippen LogP contribution is -2.65. The Bertz CT molecular complexity index is 369. The maximum absolute atomic E-state index is 6.90. The third-order valence-electron chi connectivity index (χ3n) is 7.68. The second kappa shape index (κ2) is 7.40. The van der Waals surface area contributed by atoms with Gasteiger partial charge in [-0.25, -0.2) is 0 Å². The van der Waals surface area contributed by atoms with Gasteiger partial charge in [-0.15, -0.1) is 23.2 Å². The third kappa shape index (κ3) is 3.18. The van der Waals surface area contributed by atoms with Gasteiger partial charge in [0.15, 0.2) is 0 Å². The Morgan fingerprint density at radius 1 is 0.696 bits per heavy atom. The standard InChI is InChI=1S/C19H36Cl2N2/c1-3-16(9-5-7-11-18(16,22)14-20)13-17(4-2)10-6-8-12-19(17,23)15-21/h3-15,22-23H2,1-2H3. The maximum Gasteiger partial charge on any atom is 0.0409 e. The van der Waals surface area contributed by atoms with E-state index >= 15 is 0 Å². The van der Waals surface area contributed by atoms with E-state index in [2.05, 4.69) is 13.8 Å². The molecule has 0 heterocycles. The molecule has 4 unspecified atom stereocenters. The molecule has 23 heavy (non-hydrogen) atoms. The van der Waals surface area contributed by atoms with Gasteiger partial charge in [-0.1, -0.05) is 39.5 Å². The first-order valence-corrected chi connectivity index (χ1v) is 10.6. The molecule has 4 N–H and O–H groups in total. The Morgan fingerprint density at radius 2 is 1.04 bits per heavy atom. The Balaban J connectivity index is 2.41. The van der Waals surface area contributed by atoms with Crippen molar-refractivity contribution in [1.82, 2.24) is 0 Å². The van der Waals surface area contributed by atoms with Crippen molar-refractivity contribution >= 4 is 23.2 Å². The van der Waals surface area contributed by atoms with E-state index in [1.807, 2.05) is 0 Å². The quantitative estimate of drug-likeness (QED) is 0.638. The molecule has 4 heteroatoms. The topological polar surface area (TPSA) is 52.0 Å². The Kier molecular flexibility index (Phi) is 6.37. The molecule has 0 bridgehead atoms. The first-order chi connectivity index (χ1) is 10.9. The summed E-state index contributed by atoms with van der Waals surface area (Å²) in [6.45, 7) is 4.59. The predicted octanol–water partition coefficient (Wildman–Crippen LogP) is 5.19. The van der Waals surface area contributed by atoms with E-state index in [4.69, 9.17) is 34.7 Å². The average Bonchev–Trinajstić information content (AvgIpc) is 2.59. The molecule has 2 aliphatic carbocycles. The number of hydrogen-bond acceptors (Lipinski definition) is 2. The van der Waals surface area contributed by atoms with Crippen LogP contribution in [0.5, 0.6) is 0 Å². The smallest absolute Gasteiger partial charge is 0.0409 e. The van der Waals surface area contributed by atoms with Crippen LogP contribution in [0, 0.1) is 10.8 Å². The minimum Gasteiger partial charge on any atom is -0.324 e. The lowest BCUT2D eigenvalue weighted by Gasteiger charge is -2.60. The summed E-state index contributed by atoms with van der Waals surface area (Å²) in [5.41, 5.74) is 13.5. The number of hydrogen-bond donors (Lipinski definition) is 2. The van der Waals surface area contributed by atoms with E-state index < -0.39 is 0 Å². The minimum absolute atomic E-state index is 0.108. The van der Waals surface area contributed by atoms with Crippen LogP contribution in [-0.4, -0.2) is 22.8 Å². The average molecular weight is 363 g/mol. The largest absolute Gasteiger partial charge is 0.324 e. The summed E-state index contributed by atoms with van der Waals surface area (Å²) in [6.07, 6.45) is 12.7. The first-order valence-electron chi connectivity index (χ1n) is 9.56. The second-order valence-corrected chi connectivity index (χ2v) is 8.97. The molecular formula is C19H36Cl2N2. The minimum atomic E-state index is -0.256. The zero-order valence-electron chi connectivity index (χ0n) is 15.1. The van der Waals surface area contributed by atoms with E-state index in [0.717, 1.165) is 32.1 Å². The van der Waals surface area contributed by atoms with Gasteiger partial charge in [0.05, 0.1) is 0 Å². The van der Waals surface area contributed by atoms with Gasteiger partial charge in [-0.3, -0.25) is 0 Å². The monoisotopic (exact) mass is 362 g/mol. The van der Waals surface area contributed by atoms with Crippen molar-refractivity contribution in [2.75, 3.05) is 11.8 Å². The lowest BCUT2D eigenvalue weighted by molar-refractivity contribution is -0.0395. The van der Waals surface area contributed by atoms with Gasteiger partial charge in [0.1, 0.15) is 0 Å². The highest BCUT2D eigenvalue weighted by atomic mass is 35.5. The van der Waals surface area contributed by atoms with Crippen molar-refractivity contribution < 1.29 is 0 Å². The van der Waals surface area contributed by atoms with Gasteiger partial charge in [0.25, 0.3) is 0 Å². The molecule has 2 nitrogen and oxygen atoms in total. The molecule has 0 aliphatic heterocycles. The van der Waals surface area contributed by atoms with Gasteiger partial charge in [-0.2, -0.15) is 0 Å². The Hall–Kier alpha value is 0.500. The van der Waals surface area contributed by atoms with Gasteiger partial charge in [0, 0.05) is 22.8 Å². The molecule has 0 amide bonds. The normalized spacial score (nSPS) is 45.1. The van der Waals surface area contributed by atoms with Crippen LogP contribution >= 0.6 is 23.2 Å². The van der Waals surface area contributed by atoms with E-state index in [0.29, 0.717) is 11.8 Å². The number of alkyl halides is 2. The van der Waals surface area contributed by atoms with Crippen LogP contribution in [0.3, 0.4) is 0 Å². The van der Waals surface area contributed by atoms with Gasteiger partial charge in [-0.05, 0) is 55.8 Å². The Morgan fingerprint density at radius 3 is 1.35 bits per heavy atom. The van der Waals surface area contributed by atoms with Crippen LogP contribution in [0.1, 0.15) is 84.5 Å². The molecule has 0 saturated heterocycles. The lowest BCUT2D eigenvalue weighted by atomic mass is 9.49. The molecule has 0 radical (unpaired) electrons. The molecule has 4 atom stereocenters. The molecule has 2 rings (SSSR count). The summed E-state index contributed by atoms with van der Waals surface area (Å²) in [7, 11) is 0.